The third-order valence-corrected chi connectivity index (χ3v) is 2.16. The van der Waals surface area contributed by atoms with Crippen LogP contribution in [0.3, 0.4) is 0 Å². The highest BCUT2D eigenvalue weighted by Crippen LogP contribution is 2.14. The number of aryl methyl sites for hydroxylation is 1. The Kier molecular flexibility index (Phi) is 3.85. The van der Waals surface area contributed by atoms with Crippen LogP contribution in [0.4, 0.5) is 5.69 Å². The molecule has 0 amide bonds. The molecule has 0 aromatic heterocycles. The molecular formula is C11H12BrN. The van der Waals surface area contributed by atoms with E-state index in [9.17, 15) is 0 Å². The van der Waals surface area contributed by atoms with Crippen molar-refractivity contribution >= 4 is 21.6 Å². The van der Waals surface area contributed by atoms with Crippen molar-refractivity contribution in [2.24, 2.45) is 0 Å². The Balaban J connectivity index is 2.91. The number of nitrogens with two attached hydrogens (primary N) is 1. The van der Waals surface area contributed by atoms with Gasteiger partial charge in [-0.2, -0.15) is 0 Å². The van der Waals surface area contributed by atoms with E-state index in [1.807, 2.05) is 25.1 Å². The highest BCUT2D eigenvalue weighted by atomic mass is 79.9. The number of halogens is 1. The highest BCUT2D eigenvalue weighted by Gasteiger charge is 1.96. The van der Waals surface area contributed by atoms with E-state index in [0.29, 0.717) is 0 Å². The summed E-state index contributed by atoms with van der Waals surface area (Å²) in [7, 11) is 0. The van der Waals surface area contributed by atoms with Crippen molar-refractivity contribution in [3.05, 3.63) is 29.3 Å². The van der Waals surface area contributed by atoms with Gasteiger partial charge in [-0.25, -0.2) is 0 Å². The number of hydrogen-bond acceptors (Lipinski definition) is 1. The minimum Gasteiger partial charge on any atom is -0.398 e. The molecule has 1 rings (SSSR count). The summed E-state index contributed by atoms with van der Waals surface area (Å²) in [5.41, 5.74) is 8.67. The van der Waals surface area contributed by atoms with Gasteiger partial charge in [0.05, 0.1) is 5.69 Å². The fourth-order valence-electron chi connectivity index (χ4n) is 0.995. The molecule has 0 atom stereocenters. The summed E-state index contributed by atoms with van der Waals surface area (Å²) in [6.45, 7) is 1.99. The quantitative estimate of drug-likeness (QED) is 0.454. The fraction of sp³-hybridized carbons (Fsp3) is 0.273. The predicted octanol–water partition coefficient (Wildman–Crippen LogP) is 2.71. The first-order valence-corrected chi connectivity index (χ1v) is 5.27. The van der Waals surface area contributed by atoms with Crippen LogP contribution < -0.4 is 5.73 Å². The van der Waals surface area contributed by atoms with E-state index in [1.165, 1.54) is 0 Å². The SMILES string of the molecule is Cc1cccc(C#CCCBr)c1N. The van der Waals surface area contributed by atoms with Crippen molar-refractivity contribution in [1.29, 1.82) is 0 Å². The molecule has 0 heterocycles. The predicted molar refractivity (Wildman–Crippen MR) is 60.9 cm³/mol. The molecule has 1 aromatic rings. The standard InChI is InChI=1S/C11H12BrN/c1-9-5-4-7-10(11(9)13)6-2-3-8-12/h4-5,7H,3,8,13H2,1H3. The second-order valence-corrected chi connectivity index (χ2v) is 3.57. The molecule has 1 nitrogen and oxygen atoms in total. The van der Waals surface area contributed by atoms with Gasteiger partial charge in [0.25, 0.3) is 0 Å². The molecule has 0 saturated heterocycles. The normalized spacial score (nSPS) is 9.08. The largest absolute Gasteiger partial charge is 0.398 e. The number of benzene rings is 1. The van der Waals surface area contributed by atoms with Crippen molar-refractivity contribution in [1.82, 2.24) is 0 Å². The van der Waals surface area contributed by atoms with E-state index in [4.69, 9.17) is 5.73 Å². The molecule has 0 aliphatic heterocycles. The van der Waals surface area contributed by atoms with Crippen LogP contribution in [-0.2, 0) is 0 Å². The van der Waals surface area contributed by atoms with E-state index < -0.39 is 0 Å². The minimum atomic E-state index is 0.796. The lowest BCUT2D eigenvalue weighted by atomic mass is 10.1. The van der Waals surface area contributed by atoms with Crippen LogP contribution in [0.25, 0.3) is 0 Å². The van der Waals surface area contributed by atoms with E-state index in [1.54, 1.807) is 0 Å². The Labute approximate surface area is 87.5 Å². The topological polar surface area (TPSA) is 26.0 Å². The Morgan fingerprint density at radius 3 is 2.92 bits per heavy atom. The van der Waals surface area contributed by atoms with Gasteiger partial charge in [0.15, 0.2) is 0 Å². The average molecular weight is 238 g/mol. The van der Waals surface area contributed by atoms with E-state index in [2.05, 4.69) is 27.8 Å². The number of rotatable bonds is 1. The summed E-state index contributed by atoms with van der Waals surface area (Å²) >= 11 is 3.32. The molecule has 0 spiro atoms. The van der Waals surface area contributed by atoms with Gasteiger partial charge < -0.3 is 5.73 Å². The summed E-state index contributed by atoms with van der Waals surface area (Å²) < 4.78 is 0. The lowest BCUT2D eigenvalue weighted by molar-refractivity contribution is 1.32. The number of anilines is 1. The molecule has 0 aliphatic carbocycles. The van der Waals surface area contributed by atoms with Crippen molar-refractivity contribution in [3.63, 3.8) is 0 Å². The summed E-state index contributed by atoms with van der Waals surface area (Å²) in [5, 5.41) is 0.908. The molecular weight excluding hydrogens is 226 g/mol. The molecule has 2 N–H and O–H groups in total. The molecule has 2 heteroatoms. The van der Waals surface area contributed by atoms with Gasteiger partial charge in [-0.05, 0) is 18.6 Å². The van der Waals surface area contributed by atoms with Crippen molar-refractivity contribution in [3.8, 4) is 11.8 Å². The molecule has 0 radical (unpaired) electrons. The number of nitrogen functional groups attached to an aromatic ring is 1. The zero-order valence-electron chi connectivity index (χ0n) is 7.60. The van der Waals surface area contributed by atoms with Crippen LogP contribution >= 0.6 is 15.9 Å². The Morgan fingerprint density at radius 2 is 2.23 bits per heavy atom. The maximum atomic E-state index is 5.85. The van der Waals surface area contributed by atoms with Crippen LogP contribution in [0.15, 0.2) is 18.2 Å². The van der Waals surface area contributed by atoms with Crippen LogP contribution in [0.1, 0.15) is 17.5 Å². The molecule has 0 saturated carbocycles. The minimum absolute atomic E-state index is 0.796. The van der Waals surface area contributed by atoms with Gasteiger partial charge in [-0.1, -0.05) is 39.9 Å². The average Bonchev–Trinajstić information content (AvgIpc) is 2.13. The zero-order valence-corrected chi connectivity index (χ0v) is 9.19. The maximum Gasteiger partial charge on any atom is 0.0502 e. The third-order valence-electron chi connectivity index (χ3n) is 1.77. The van der Waals surface area contributed by atoms with Crippen molar-refractivity contribution < 1.29 is 0 Å². The van der Waals surface area contributed by atoms with Gasteiger partial charge in [0.2, 0.25) is 0 Å². The summed E-state index contributed by atoms with van der Waals surface area (Å²) in [4.78, 5) is 0. The lowest BCUT2D eigenvalue weighted by Gasteiger charge is -2.00. The molecule has 0 bridgehead atoms. The van der Waals surface area contributed by atoms with Crippen LogP contribution in [0, 0.1) is 18.8 Å². The third kappa shape index (κ3) is 2.78. The van der Waals surface area contributed by atoms with Gasteiger partial charge in [-0.3, -0.25) is 0 Å². The van der Waals surface area contributed by atoms with Crippen LogP contribution in [0.2, 0.25) is 0 Å². The zero-order chi connectivity index (χ0) is 9.68. The number of alkyl halides is 1. The van der Waals surface area contributed by atoms with Crippen LogP contribution in [0.5, 0.6) is 0 Å². The van der Waals surface area contributed by atoms with Gasteiger partial charge in [0, 0.05) is 17.3 Å². The van der Waals surface area contributed by atoms with E-state index >= 15 is 0 Å². The fourth-order valence-corrected chi connectivity index (χ4v) is 1.19. The Hall–Kier alpha value is -0.940. The summed E-state index contributed by atoms with van der Waals surface area (Å²) in [5.74, 6) is 6.09. The van der Waals surface area contributed by atoms with Gasteiger partial charge >= 0.3 is 0 Å². The number of para-hydroxylation sites is 1. The second-order valence-electron chi connectivity index (χ2n) is 2.78. The maximum absolute atomic E-state index is 5.85. The molecule has 0 fully saturated rings. The first-order chi connectivity index (χ1) is 6.25. The summed E-state index contributed by atoms with van der Waals surface area (Å²) in [6.07, 6.45) is 0.855. The molecule has 0 aliphatic rings. The lowest BCUT2D eigenvalue weighted by Crippen LogP contribution is -1.92. The van der Waals surface area contributed by atoms with E-state index in [-0.39, 0.29) is 0 Å². The number of hydrogen-bond donors (Lipinski definition) is 1. The molecule has 68 valence electrons. The second kappa shape index (κ2) is 4.94. The van der Waals surface area contributed by atoms with Gasteiger partial charge in [-0.15, -0.1) is 0 Å². The molecule has 1 aromatic carbocycles. The Morgan fingerprint density at radius 1 is 1.46 bits per heavy atom. The van der Waals surface area contributed by atoms with Crippen molar-refractivity contribution in [2.75, 3.05) is 11.1 Å². The first kappa shape index (κ1) is 10.1. The Bertz CT molecular complexity index is 347. The summed E-state index contributed by atoms with van der Waals surface area (Å²) in [6, 6.07) is 5.92. The van der Waals surface area contributed by atoms with E-state index in [0.717, 1.165) is 28.6 Å². The smallest absolute Gasteiger partial charge is 0.0502 e. The monoisotopic (exact) mass is 237 g/mol. The van der Waals surface area contributed by atoms with Gasteiger partial charge in [0.1, 0.15) is 0 Å². The highest BCUT2D eigenvalue weighted by molar-refractivity contribution is 9.09. The van der Waals surface area contributed by atoms with Crippen LogP contribution in [-0.4, -0.2) is 5.33 Å². The first-order valence-electron chi connectivity index (χ1n) is 4.15. The molecule has 13 heavy (non-hydrogen) atoms. The van der Waals surface area contributed by atoms with Crippen molar-refractivity contribution in [2.45, 2.75) is 13.3 Å². The molecule has 0 unspecified atom stereocenters.